The number of hydrogen-bond acceptors (Lipinski definition) is 3. The third kappa shape index (κ3) is 1.05. The van der Waals surface area contributed by atoms with Gasteiger partial charge < -0.3 is 15.9 Å². The fourth-order valence-electron chi connectivity index (χ4n) is 1.39. The van der Waals surface area contributed by atoms with Crippen molar-refractivity contribution >= 4 is 16.5 Å². The van der Waals surface area contributed by atoms with Gasteiger partial charge in [0.25, 0.3) is 0 Å². The second kappa shape index (κ2) is 2.55. The Morgan fingerprint density at radius 1 is 0.923 bits per heavy atom. The Morgan fingerprint density at radius 3 is 2.31 bits per heavy atom. The second-order valence-electron chi connectivity index (χ2n) is 2.87. The number of anilines is 1. The monoisotopic (exact) mass is 175 g/mol. The van der Waals surface area contributed by atoms with Crippen LogP contribution in [0.4, 0.5) is 5.69 Å². The molecule has 3 heteroatoms. The molecule has 3 nitrogen and oxygen atoms in total. The Bertz CT molecular complexity index is 457. The van der Waals surface area contributed by atoms with Crippen molar-refractivity contribution in [3.63, 3.8) is 0 Å². The number of benzene rings is 2. The largest absolute Gasteiger partial charge is 0.507 e. The van der Waals surface area contributed by atoms with Gasteiger partial charge in [-0.05, 0) is 18.2 Å². The molecule has 0 saturated heterocycles. The Hall–Kier alpha value is -1.90. The fraction of sp³-hybridized carbons (Fsp3) is 0. The molecule has 2 aromatic carbocycles. The van der Waals surface area contributed by atoms with Gasteiger partial charge in [0.2, 0.25) is 0 Å². The predicted molar refractivity (Wildman–Crippen MR) is 51.7 cm³/mol. The molecule has 0 aliphatic heterocycles. The second-order valence-corrected chi connectivity index (χ2v) is 2.87. The van der Waals surface area contributed by atoms with Crippen LogP contribution in [0.15, 0.2) is 30.3 Å². The molecule has 0 amide bonds. The van der Waals surface area contributed by atoms with E-state index in [1.165, 1.54) is 12.1 Å². The van der Waals surface area contributed by atoms with Crippen LogP contribution in [0.25, 0.3) is 10.8 Å². The Morgan fingerprint density at radius 2 is 1.62 bits per heavy atom. The summed E-state index contributed by atoms with van der Waals surface area (Å²) in [7, 11) is 0. The van der Waals surface area contributed by atoms with E-state index in [2.05, 4.69) is 0 Å². The van der Waals surface area contributed by atoms with Crippen molar-refractivity contribution in [2.45, 2.75) is 0 Å². The van der Waals surface area contributed by atoms with Gasteiger partial charge in [-0.15, -0.1) is 0 Å². The molecule has 0 saturated carbocycles. The maximum atomic E-state index is 9.46. The predicted octanol–water partition coefficient (Wildman–Crippen LogP) is 1.83. The zero-order valence-electron chi connectivity index (χ0n) is 6.86. The molecule has 66 valence electrons. The summed E-state index contributed by atoms with van der Waals surface area (Å²) in [4.78, 5) is 0. The van der Waals surface area contributed by atoms with Crippen LogP contribution in [0.2, 0.25) is 0 Å². The molecule has 0 aliphatic rings. The highest BCUT2D eigenvalue weighted by Crippen LogP contribution is 2.35. The van der Waals surface area contributed by atoms with Crippen LogP contribution in [0.1, 0.15) is 0 Å². The number of phenolic OH excluding ortho intramolecular Hbond substituents is 2. The molecule has 2 aromatic rings. The lowest BCUT2D eigenvalue weighted by atomic mass is 10.1. The van der Waals surface area contributed by atoms with Crippen molar-refractivity contribution < 1.29 is 10.2 Å². The molecule has 4 N–H and O–H groups in total. The molecular weight excluding hydrogens is 166 g/mol. The first-order valence-corrected chi connectivity index (χ1v) is 3.89. The molecule has 0 fully saturated rings. The average molecular weight is 175 g/mol. The summed E-state index contributed by atoms with van der Waals surface area (Å²) < 4.78 is 0. The minimum absolute atomic E-state index is 0.0438. The van der Waals surface area contributed by atoms with Crippen molar-refractivity contribution in [3.8, 4) is 11.5 Å². The maximum absolute atomic E-state index is 9.46. The van der Waals surface area contributed by atoms with E-state index >= 15 is 0 Å². The van der Waals surface area contributed by atoms with Crippen LogP contribution in [0, 0.1) is 0 Å². The standard InChI is InChI=1S/C10H9NO2/c11-7-4-5-9(13)10-6(7)2-1-3-8(10)12/h1-5,12-13H,11H2. The van der Waals surface area contributed by atoms with Gasteiger partial charge in [0.15, 0.2) is 0 Å². The van der Waals surface area contributed by atoms with E-state index in [0.29, 0.717) is 16.5 Å². The van der Waals surface area contributed by atoms with Gasteiger partial charge in [-0.3, -0.25) is 0 Å². The Kier molecular flexibility index (Phi) is 1.52. The van der Waals surface area contributed by atoms with E-state index in [9.17, 15) is 10.2 Å². The van der Waals surface area contributed by atoms with Crippen molar-refractivity contribution in [2.24, 2.45) is 0 Å². The van der Waals surface area contributed by atoms with Crippen LogP contribution in [0.5, 0.6) is 11.5 Å². The molecule has 13 heavy (non-hydrogen) atoms. The highest BCUT2D eigenvalue weighted by Gasteiger charge is 2.06. The van der Waals surface area contributed by atoms with E-state index in [-0.39, 0.29) is 11.5 Å². The van der Waals surface area contributed by atoms with E-state index in [4.69, 9.17) is 5.73 Å². The molecule has 0 spiro atoms. The molecule has 0 aliphatic carbocycles. The molecule has 0 radical (unpaired) electrons. The lowest BCUT2D eigenvalue weighted by molar-refractivity contribution is 0.464. The molecule has 0 aromatic heterocycles. The van der Waals surface area contributed by atoms with Crippen molar-refractivity contribution in [1.82, 2.24) is 0 Å². The van der Waals surface area contributed by atoms with Crippen molar-refractivity contribution in [1.29, 1.82) is 0 Å². The molecule has 0 bridgehead atoms. The molecule has 0 atom stereocenters. The summed E-state index contributed by atoms with van der Waals surface area (Å²) in [5, 5.41) is 20.0. The average Bonchev–Trinajstić information content (AvgIpc) is 2.12. The SMILES string of the molecule is Nc1ccc(O)c2c(O)cccc12. The molecule has 0 heterocycles. The van der Waals surface area contributed by atoms with Gasteiger partial charge in [0.05, 0.1) is 5.39 Å². The van der Waals surface area contributed by atoms with Crippen LogP contribution in [-0.2, 0) is 0 Å². The summed E-state index contributed by atoms with van der Waals surface area (Å²) in [6.45, 7) is 0. The van der Waals surface area contributed by atoms with Crippen molar-refractivity contribution in [2.75, 3.05) is 5.73 Å². The van der Waals surface area contributed by atoms with Crippen LogP contribution >= 0.6 is 0 Å². The number of fused-ring (bicyclic) bond motifs is 1. The minimum atomic E-state index is 0.0438. The van der Waals surface area contributed by atoms with Gasteiger partial charge in [-0.2, -0.15) is 0 Å². The van der Waals surface area contributed by atoms with Crippen LogP contribution in [-0.4, -0.2) is 10.2 Å². The highest BCUT2D eigenvalue weighted by molar-refractivity contribution is 6.00. The smallest absolute Gasteiger partial charge is 0.127 e. The third-order valence-corrected chi connectivity index (χ3v) is 2.03. The highest BCUT2D eigenvalue weighted by atomic mass is 16.3. The van der Waals surface area contributed by atoms with E-state index in [0.717, 1.165) is 0 Å². The van der Waals surface area contributed by atoms with Gasteiger partial charge in [-0.1, -0.05) is 12.1 Å². The van der Waals surface area contributed by atoms with Gasteiger partial charge in [0, 0.05) is 11.1 Å². The van der Waals surface area contributed by atoms with E-state index in [1.54, 1.807) is 18.2 Å². The van der Waals surface area contributed by atoms with Gasteiger partial charge >= 0.3 is 0 Å². The normalized spacial score (nSPS) is 10.5. The zero-order chi connectivity index (χ0) is 9.42. The molecular formula is C10H9NO2. The summed E-state index contributed by atoms with van der Waals surface area (Å²) >= 11 is 0. The lowest BCUT2D eigenvalue weighted by Gasteiger charge is -2.05. The Balaban J connectivity index is 3.00. The molecule has 2 rings (SSSR count). The zero-order valence-corrected chi connectivity index (χ0v) is 6.86. The van der Waals surface area contributed by atoms with Crippen LogP contribution in [0.3, 0.4) is 0 Å². The number of phenols is 2. The lowest BCUT2D eigenvalue weighted by Crippen LogP contribution is -1.86. The van der Waals surface area contributed by atoms with Gasteiger partial charge in [-0.25, -0.2) is 0 Å². The summed E-state index contributed by atoms with van der Waals surface area (Å²) in [6, 6.07) is 8.04. The van der Waals surface area contributed by atoms with Crippen molar-refractivity contribution in [3.05, 3.63) is 30.3 Å². The van der Waals surface area contributed by atoms with E-state index < -0.39 is 0 Å². The first-order chi connectivity index (χ1) is 6.20. The van der Waals surface area contributed by atoms with E-state index in [1.807, 2.05) is 0 Å². The first kappa shape index (κ1) is 7.73. The number of aromatic hydroxyl groups is 2. The minimum Gasteiger partial charge on any atom is -0.507 e. The summed E-state index contributed by atoms with van der Waals surface area (Å²) in [5.41, 5.74) is 6.22. The van der Waals surface area contributed by atoms with Crippen LogP contribution < -0.4 is 5.73 Å². The maximum Gasteiger partial charge on any atom is 0.127 e. The van der Waals surface area contributed by atoms with Gasteiger partial charge in [0.1, 0.15) is 11.5 Å². The number of rotatable bonds is 0. The topological polar surface area (TPSA) is 66.5 Å². The summed E-state index contributed by atoms with van der Waals surface area (Å²) in [6.07, 6.45) is 0. The number of hydrogen-bond donors (Lipinski definition) is 3. The Labute approximate surface area is 75.0 Å². The summed E-state index contributed by atoms with van der Waals surface area (Å²) in [5.74, 6) is 0.0876. The fourth-order valence-corrected chi connectivity index (χ4v) is 1.39. The molecule has 0 unspecified atom stereocenters. The number of nitrogen functional groups attached to an aromatic ring is 1. The quantitative estimate of drug-likeness (QED) is 0.422. The first-order valence-electron chi connectivity index (χ1n) is 3.89. The number of nitrogens with two attached hydrogens (primary N) is 1. The third-order valence-electron chi connectivity index (χ3n) is 2.03.